The van der Waals surface area contributed by atoms with Gasteiger partial charge in [0.05, 0.1) is 11.2 Å². The Hall–Kier alpha value is -2.64. The van der Waals surface area contributed by atoms with Gasteiger partial charge in [0.1, 0.15) is 5.00 Å². The molecule has 1 N–H and O–H groups in total. The van der Waals surface area contributed by atoms with Crippen molar-refractivity contribution in [1.29, 1.82) is 0 Å². The number of hydrogen-bond donors (Lipinski definition) is 1. The van der Waals surface area contributed by atoms with Crippen molar-refractivity contribution in [2.75, 3.05) is 43.4 Å². The molecule has 2 heterocycles. The summed E-state index contributed by atoms with van der Waals surface area (Å²) in [5.41, 5.74) is 3.72. The molecule has 1 saturated heterocycles. The van der Waals surface area contributed by atoms with Gasteiger partial charge in [-0.05, 0) is 66.3 Å². The fourth-order valence-corrected chi connectivity index (χ4v) is 4.67. The van der Waals surface area contributed by atoms with Crippen LogP contribution in [0.15, 0.2) is 43.1 Å². The van der Waals surface area contributed by atoms with Crippen LogP contribution < -0.4 is 10.2 Å². The second kappa shape index (κ2) is 10.1. The summed E-state index contributed by atoms with van der Waals surface area (Å²) in [4.78, 5) is 15.8. The summed E-state index contributed by atoms with van der Waals surface area (Å²) in [7, 11) is 1.82. The second-order valence-corrected chi connectivity index (χ2v) is 8.51. The number of amides is 1. The zero-order valence-corrected chi connectivity index (χ0v) is 19.5. The summed E-state index contributed by atoms with van der Waals surface area (Å²) < 4.78 is 19.5. The first kappa shape index (κ1) is 23.0. The minimum Gasteiger partial charge on any atom is -0.388 e. The maximum Gasteiger partial charge on any atom is 0.246 e. The molecule has 1 aliphatic heterocycles. The molecule has 0 saturated carbocycles. The fourth-order valence-electron chi connectivity index (χ4n) is 3.57. The SMILES string of the molecule is C=CC(=O)N1CCN(c2sncc(F)c(-c3cc(NC)ccc3C)c(Cl)cc2C)CC1. The molecule has 1 fully saturated rings. The second-order valence-electron chi connectivity index (χ2n) is 7.33. The highest BCUT2D eigenvalue weighted by Gasteiger charge is 2.21. The summed E-state index contributed by atoms with van der Waals surface area (Å²) in [5.74, 6) is -0.552. The van der Waals surface area contributed by atoms with Gasteiger partial charge in [-0.1, -0.05) is 24.2 Å². The van der Waals surface area contributed by atoms with E-state index in [0.717, 1.165) is 27.4 Å². The molecule has 0 aliphatic carbocycles. The highest BCUT2D eigenvalue weighted by atomic mass is 35.5. The summed E-state index contributed by atoms with van der Waals surface area (Å²) in [6.45, 7) is 9.93. The number of rotatable bonds is 4. The number of hydrogen-bond acceptors (Lipinski definition) is 5. The van der Waals surface area contributed by atoms with Crippen LogP contribution in [0.2, 0.25) is 5.02 Å². The average molecular weight is 461 g/mol. The number of nitrogens with zero attached hydrogens (tertiary/aromatic N) is 3. The van der Waals surface area contributed by atoms with E-state index in [2.05, 4.69) is 21.2 Å². The highest BCUT2D eigenvalue weighted by molar-refractivity contribution is 7.09. The van der Waals surface area contributed by atoms with Gasteiger partial charge in [0.25, 0.3) is 0 Å². The van der Waals surface area contributed by atoms with E-state index in [1.165, 1.54) is 23.8 Å². The standard InChI is InChI=1S/C23H26ClFN4OS/c1-5-21(30)28-8-10-29(11-9-28)23-16(3)12-19(24)22(20(25)14-27-31-23)18-13-17(26-4)7-6-15(18)2/h5-7,12-14,26H,1,8-11H2,2-4H3. The first-order valence-electron chi connectivity index (χ1n) is 9.99. The molecule has 2 aromatic rings. The molecular weight excluding hydrogens is 435 g/mol. The molecule has 0 unspecified atom stereocenters. The van der Waals surface area contributed by atoms with Crippen molar-refractivity contribution in [1.82, 2.24) is 9.27 Å². The number of benzene rings is 1. The van der Waals surface area contributed by atoms with Crippen molar-refractivity contribution < 1.29 is 9.18 Å². The first-order valence-corrected chi connectivity index (χ1v) is 11.1. The molecule has 31 heavy (non-hydrogen) atoms. The Kier molecular flexibility index (Phi) is 7.51. The van der Waals surface area contributed by atoms with Crippen LogP contribution in [0.1, 0.15) is 11.1 Å². The van der Waals surface area contributed by atoms with Crippen LogP contribution in [0, 0.1) is 19.7 Å². The van der Waals surface area contributed by atoms with Gasteiger partial charge >= 0.3 is 0 Å². The lowest BCUT2D eigenvalue weighted by atomic mass is 10.00. The smallest absolute Gasteiger partial charge is 0.246 e. The molecule has 3 rings (SSSR count). The number of piperazine rings is 1. The van der Waals surface area contributed by atoms with E-state index in [1.807, 2.05) is 39.1 Å². The Morgan fingerprint density at radius 1 is 1.23 bits per heavy atom. The van der Waals surface area contributed by atoms with Gasteiger partial charge in [0.15, 0.2) is 5.82 Å². The molecule has 1 aromatic heterocycles. The monoisotopic (exact) mass is 460 g/mol. The highest BCUT2D eigenvalue weighted by Crippen LogP contribution is 2.35. The molecule has 0 spiro atoms. The Bertz CT molecular complexity index is 1050. The molecule has 1 aliphatic rings. The van der Waals surface area contributed by atoms with Crippen LogP contribution in [-0.4, -0.2) is 48.4 Å². The van der Waals surface area contributed by atoms with Gasteiger partial charge in [-0.25, -0.2) is 4.39 Å². The normalized spacial score (nSPS) is 13.6. The number of aryl methyl sites for hydroxylation is 2. The maximum absolute atomic E-state index is 15.2. The average Bonchev–Trinajstić information content (AvgIpc) is 2.82. The number of aromatic nitrogens is 1. The van der Waals surface area contributed by atoms with Crippen molar-refractivity contribution in [2.45, 2.75) is 13.8 Å². The third-order valence-electron chi connectivity index (χ3n) is 5.31. The fraction of sp³-hybridized carbons (Fsp3) is 0.304. The largest absolute Gasteiger partial charge is 0.388 e. The van der Waals surface area contributed by atoms with Crippen molar-refractivity contribution in [3.8, 4) is 11.1 Å². The minimum absolute atomic E-state index is 0.0662. The van der Waals surface area contributed by atoms with E-state index in [1.54, 1.807) is 11.0 Å². The van der Waals surface area contributed by atoms with Crippen LogP contribution in [0.25, 0.3) is 11.1 Å². The molecule has 0 bridgehead atoms. The minimum atomic E-state index is -0.486. The number of carbonyl (C=O) groups excluding carboxylic acids is 1. The topological polar surface area (TPSA) is 48.5 Å². The van der Waals surface area contributed by atoms with E-state index in [0.29, 0.717) is 36.8 Å². The van der Waals surface area contributed by atoms with Crippen LogP contribution in [-0.2, 0) is 4.79 Å². The van der Waals surface area contributed by atoms with Crippen LogP contribution in [0.3, 0.4) is 0 Å². The summed E-state index contributed by atoms with van der Waals surface area (Å²) in [5, 5.41) is 4.30. The van der Waals surface area contributed by atoms with Crippen LogP contribution >= 0.6 is 23.1 Å². The van der Waals surface area contributed by atoms with Crippen molar-refractivity contribution >= 4 is 39.7 Å². The summed E-state index contributed by atoms with van der Waals surface area (Å²) >= 11 is 7.88. The Morgan fingerprint density at radius 2 is 1.94 bits per heavy atom. The third kappa shape index (κ3) is 5.17. The molecule has 0 atom stereocenters. The van der Waals surface area contributed by atoms with Gasteiger partial charge in [0.2, 0.25) is 5.91 Å². The molecule has 5 nitrogen and oxygen atoms in total. The lowest BCUT2D eigenvalue weighted by Crippen LogP contribution is -2.48. The van der Waals surface area contributed by atoms with E-state index in [4.69, 9.17) is 11.6 Å². The van der Waals surface area contributed by atoms with Gasteiger partial charge in [-0.3, -0.25) is 4.79 Å². The van der Waals surface area contributed by atoms with E-state index in [-0.39, 0.29) is 5.91 Å². The lowest BCUT2D eigenvalue weighted by molar-refractivity contribution is -0.126. The molecule has 1 amide bonds. The maximum atomic E-state index is 15.2. The Labute approximate surface area is 191 Å². The van der Waals surface area contributed by atoms with E-state index >= 15 is 4.39 Å². The summed E-state index contributed by atoms with van der Waals surface area (Å²) in [6.07, 6.45) is 2.56. The molecule has 164 valence electrons. The van der Waals surface area contributed by atoms with Gasteiger partial charge in [0, 0.05) is 44.5 Å². The van der Waals surface area contributed by atoms with Crippen LogP contribution in [0.4, 0.5) is 15.1 Å². The Balaban J connectivity index is 2.05. The molecule has 8 heteroatoms. The van der Waals surface area contributed by atoms with Gasteiger partial charge < -0.3 is 15.1 Å². The molecule has 1 aromatic carbocycles. The first-order chi connectivity index (χ1) is 14.8. The zero-order valence-electron chi connectivity index (χ0n) is 17.9. The molecule has 0 radical (unpaired) electrons. The van der Waals surface area contributed by atoms with E-state index in [9.17, 15) is 4.79 Å². The predicted molar refractivity (Wildman–Crippen MR) is 128 cm³/mol. The lowest BCUT2D eigenvalue weighted by Gasteiger charge is -2.35. The van der Waals surface area contributed by atoms with E-state index < -0.39 is 5.82 Å². The molecular formula is C23H26ClFN4OS. The third-order valence-corrected chi connectivity index (χ3v) is 6.57. The summed E-state index contributed by atoms with van der Waals surface area (Å²) in [6, 6.07) is 7.55. The van der Waals surface area contributed by atoms with Crippen molar-refractivity contribution in [3.63, 3.8) is 0 Å². The zero-order chi connectivity index (χ0) is 22.5. The van der Waals surface area contributed by atoms with Crippen LogP contribution in [0.5, 0.6) is 0 Å². The Morgan fingerprint density at radius 3 is 2.58 bits per heavy atom. The number of nitrogens with one attached hydrogen (secondary N) is 1. The number of halogens is 2. The quantitative estimate of drug-likeness (QED) is 0.635. The number of carbonyl (C=O) groups is 1. The number of anilines is 2. The van der Waals surface area contributed by atoms with Crippen molar-refractivity contribution in [2.24, 2.45) is 0 Å². The van der Waals surface area contributed by atoms with Crippen molar-refractivity contribution in [3.05, 3.63) is 65.1 Å². The van der Waals surface area contributed by atoms with Gasteiger partial charge in [-0.15, -0.1) is 0 Å². The predicted octanol–water partition coefficient (Wildman–Crippen LogP) is 5.22. The van der Waals surface area contributed by atoms with Gasteiger partial charge in [-0.2, -0.15) is 4.37 Å².